The smallest absolute Gasteiger partial charge is 0.0357 e. The normalized spacial score (nSPS) is 16.1. The van der Waals surface area contributed by atoms with Crippen LogP contribution in [0.25, 0.3) is 0 Å². The summed E-state index contributed by atoms with van der Waals surface area (Å²) in [6.45, 7) is 7.09. The van der Waals surface area contributed by atoms with Crippen molar-refractivity contribution in [3.63, 3.8) is 0 Å². The molecule has 0 aliphatic heterocycles. The Balaban J connectivity index is 3.77. The van der Waals surface area contributed by atoms with Gasteiger partial charge in [-0.1, -0.05) is 20.8 Å². The molecule has 0 aliphatic carbocycles. The zero-order valence-electron chi connectivity index (χ0n) is 9.08. The Bertz CT molecular complexity index is 148. The lowest BCUT2D eigenvalue weighted by molar-refractivity contribution is 0.608. The van der Waals surface area contributed by atoms with Crippen LogP contribution in [0.3, 0.4) is 0 Å². The fourth-order valence-corrected chi connectivity index (χ4v) is 3.03. The van der Waals surface area contributed by atoms with Gasteiger partial charge in [0, 0.05) is 21.8 Å². The maximum atomic E-state index is 11.7. The molecule has 0 amide bonds. The van der Waals surface area contributed by atoms with Gasteiger partial charge < -0.3 is 5.73 Å². The van der Waals surface area contributed by atoms with Crippen molar-refractivity contribution in [2.45, 2.75) is 45.3 Å². The van der Waals surface area contributed by atoms with Gasteiger partial charge in [-0.05, 0) is 31.7 Å². The summed E-state index contributed by atoms with van der Waals surface area (Å²) in [6, 6.07) is 0. The number of rotatable bonds is 7. The minimum Gasteiger partial charge on any atom is -0.330 e. The number of nitrogens with two attached hydrogens (primary N) is 1. The van der Waals surface area contributed by atoms with Crippen molar-refractivity contribution in [3.05, 3.63) is 0 Å². The highest BCUT2D eigenvalue weighted by atomic mass is 32.2. The fraction of sp³-hybridized carbons (Fsp3) is 1.00. The summed E-state index contributed by atoms with van der Waals surface area (Å²) in [5.41, 5.74) is 5.46. The van der Waals surface area contributed by atoms with E-state index in [1.54, 1.807) is 0 Å². The van der Waals surface area contributed by atoms with Gasteiger partial charge in [0.1, 0.15) is 0 Å². The lowest BCUT2D eigenvalue weighted by Gasteiger charge is -2.14. The van der Waals surface area contributed by atoms with Gasteiger partial charge in [0.15, 0.2) is 0 Å². The van der Waals surface area contributed by atoms with Gasteiger partial charge in [-0.25, -0.2) is 0 Å². The van der Waals surface area contributed by atoms with Gasteiger partial charge >= 0.3 is 0 Å². The average molecular weight is 205 g/mol. The lowest BCUT2D eigenvalue weighted by atomic mass is 10.2. The molecule has 13 heavy (non-hydrogen) atoms. The van der Waals surface area contributed by atoms with Crippen molar-refractivity contribution in [1.82, 2.24) is 0 Å². The summed E-state index contributed by atoms with van der Waals surface area (Å²) < 4.78 is 11.7. The topological polar surface area (TPSA) is 43.1 Å². The molecule has 2 atom stereocenters. The molecular weight excluding hydrogens is 182 g/mol. The van der Waals surface area contributed by atoms with Crippen molar-refractivity contribution >= 4 is 10.8 Å². The highest BCUT2D eigenvalue weighted by Crippen LogP contribution is 2.10. The van der Waals surface area contributed by atoms with Crippen molar-refractivity contribution in [2.75, 3.05) is 12.3 Å². The molecule has 0 aromatic heterocycles. The fourth-order valence-electron chi connectivity index (χ4n) is 1.23. The van der Waals surface area contributed by atoms with Crippen molar-refractivity contribution in [3.8, 4) is 0 Å². The Morgan fingerprint density at radius 1 is 1.31 bits per heavy atom. The Morgan fingerprint density at radius 3 is 2.31 bits per heavy atom. The molecule has 80 valence electrons. The van der Waals surface area contributed by atoms with Crippen LogP contribution in [-0.2, 0) is 10.8 Å². The van der Waals surface area contributed by atoms with Gasteiger partial charge in [0.25, 0.3) is 0 Å². The van der Waals surface area contributed by atoms with E-state index in [0.717, 1.165) is 25.0 Å². The van der Waals surface area contributed by atoms with E-state index < -0.39 is 10.8 Å². The SMILES string of the molecule is CCC(CCN)S(=O)CCC(C)C. The second-order valence-corrected chi connectivity index (χ2v) is 5.71. The molecule has 0 rings (SSSR count). The van der Waals surface area contributed by atoms with Crippen LogP contribution in [-0.4, -0.2) is 21.8 Å². The molecule has 0 bridgehead atoms. The number of hydrogen-bond donors (Lipinski definition) is 1. The quantitative estimate of drug-likeness (QED) is 0.690. The largest absolute Gasteiger partial charge is 0.330 e. The van der Waals surface area contributed by atoms with E-state index in [0.29, 0.717) is 17.7 Å². The minimum absolute atomic E-state index is 0.323. The third-order valence-electron chi connectivity index (χ3n) is 2.21. The van der Waals surface area contributed by atoms with Gasteiger partial charge in [-0.15, -0.1) is 0 Å². The summed E-state index contributed by atoms with van der Waals surface area (Å²) in [7, 11) is -0.658. The van der Waals surface area contributed by atoms with E-state index in [-0.39, 0.29) is 0 Å². The molecule has 0 aliphatic rings. The molecule has 3 heteroatoms. The van der Waals surface area contributed by atoms with Gasteiger partial charge in [0.2, 0.25) is 0 Å². The van der Waals surface area contributed by atoms with Crippen molar-refractivity contribution < 1.29 is 4.21 Å². The second kappa shape index (κ2) is 7.51. The predicted octanol–water partition coefficient (Wildman–Crippen LogP) is 1.91. The van der Waals surface area contributed by atoms with E-state index in [4.69, 9.17) is 5.73 Å². The molecule has 2 nitrogen and oxygen atoms in total. The third-order valence-corrected chi connectivity index (χ3v) is 4.16. The van der Waals surface area contributed by atoms with E-state index in [1.165, 1.54) is 0 Å². The van der Waals surface area contributed by atoms with Gasteiger partial charge in [0.05, 0.1) is 0 Å². The zero-order chi connectivity index (χ0) is 10.3. The van der Waals surface area contributed by atoms with E-state index >= 15 is 0 Å². The van der Waals surface area contributed by atoms with Crippen molar-refractivity contribution in [1.29, 1.82) is 0 Å². The molecule has 0 saturated carbocycles. The van der Waals surface area contributed by atoms with E-state index in [2.05, 4.69) is 20.8 Å². The first-order valence-electron chi connectivity index (χ1n) is 5.19. The first kappa shape index (κ1) is 13.1. The Hall–Kier alpha value is 0.110. The van der Waals surface area contributed by atoms with Gasteiger partial charge in [-0.3, -0.25) is 4.21 Å². The van der Waals surface area contributed by atoms with E-state index in [9.17, 15) is 4.21 Å². The first-order chi connectivity index (χ1) is 6.11. The minimum atomic E-state index is -0.658. The summed E-state index contributed by atoms with van der Waals surface area (Å²) in [6.07, 6.45) is 2.96. The zero-order valence-corrected chi connectivity index (χ0v) is 9.90. The van der Waals surface area contributed by atoms with Crippen LogP contribution >= 0.6 is 0 Å². The Morgan fingerprint density at radius 2 is 1.92 bits per heavy atom. The monoisotopic (exact) mass is 205 g/mol. The molecular formula is C10H23NOS. The number of hydrogen-bond acceptors (Lipinski definition) is 2. The highest BCUT2D eigenvalue weighted by Gasteiger charge is 2.13. The van der Waals surface area contributed by atoms with Crippen LogP contribution in [0.5, 0.6) is 0 Å². The molecule has 0 radical (unpaired) electrons. The maximum Gasteiger partial charge on any atom is 0.0357 e. The molecule has 0 aromatic carbocycles. The van der Waals surface area contributed by atoms with Gasteiger partial charge in [-0.2, -0.15) is 0 Å². The summed E-state index contributed by atoms with van der Waals surface area (Å²) in [5.74, 6) is 1.50. The molecule has 0 spiro atoms. The van der Waals surface area contributed by atoms with E-state index in [1.807, 2.05) is 0 Å². The average Bonchev–Trinajstić information content (AvgIpc) is 2.10. The maximum absolute atomic E-state index is 11.7. The van der Waals surface area contributed by atoms with Crippen molar-refractivity contribution in [2.24, 2.45) is 11.7 Å². The molecule has 0 fully saturated rings. The second-order valence-electron chi connectivity index (χ2n) is 3.87. The summed E-state index contributed by atoms with van der Waals surface area (Å²) in [5, 5.41) is 0.323. The van der Waals surface area contributed by atoms with Crippen LogP contribution < -0.4 is 5.73 Å². The molecule has 2 N–H and O–H groups in total. The third kappa shape index (κ3) is 6.22. The van der Waals surface area contributed by atoms with Crippen LogP contribution in [0.4, 0.5) is 0 Å². The van der Waals surface area contributed by atoms with Crippen LogP contribution in [0.2, 0.25) is 0 Å². The highest BCUT2D eigenvalue weighted by molar-refractivity contribution is 7.85. The Kier molecular flexibility index (Phi) is 7.57. The molecule has 0 aromatic rings. The summed E-state index contributed by atoms with van der Waals surface area (Å²) in [4.78, 5) is 0. The molecule has 0 heterocycles. The predicted molar refractivity (Wildman–Crippen MR) is 60.2 cm³/mol. The summed E-state index contributed by atoms with van der Waals surface area (Å²) >= 11 is 0. The van der Waals surface area contributed by atoms with Crippen LogP contribution in [0.15, 0.2) is 0 Å². The lowest BCUT2D eigenvalue weighted by Crippen LogP contribution is -2.21. The van der Waals surface area contributed by atoms with Crippen LogP contribution in [0.1, 0.15) is 40.0 Å². The molecule has 0 saturated heterocycles. The Labute approximate surface area is 84.7 Å². The molecule has 2 unspecified atom stereocenters. The standard InChI is InChI=1S/C10H23NOS/c1-4-10(5-7-11)13(12)8-6-9(2)3/h9-10H,4-8,11H2,1-3H3. The van der Waals surface area contributed by atoms with Crippen LogP contribution in [0, 0.1) is 5.92 Å². The first-order valence-corrected chi connectivity index (χ1v) is 6.57.